The van der Waals surface area contributed by atoms with Gasteiger partial charge in [-0.3, -0.25) is 9.20 Å². The molecular weight excluding hydrogens is 219 g/mol. The van der Waals surface area contributed by atoms with Crippen LogP contribution in [0.4, 0.5) is 4.39 Å². The van der Waals surface area contributed by atoms with Crippen molar-refractivity contribution in [3.8, 4) is 0 Å². The van der Waals surface area contributed by atoms with Crippen molar-refractivity contribution in [2.24, 2.45) is 0 Å². The molecular formula is C13H9FN2O. The Morgan fingerprint density at radius 2 is 2.12 bits per heavy atom. The number of halogens is 1. The summed E-state index contributed by atoms with van der Waals surface area (Å²) in [7, 11) is 0. The quantitative estimate of drug-likeness (QED) is 0.600. The van der Waals surface area contributed by atoms with Crippen molar-refractivity contribution < 1.29 is 9.18 Å². The smallest absolute Gasteiger partial charge is 0.179 e. The topological polar surface area (TPSA) is 34.4 Å². The predicted octanol–water partition coefficient (Wildman–Crippen LogP) is 2.83. The van der Waals surface area contributed by atoms with Crippen LogP contribution in [0.2, 0.25) is 0 Å². The molecule has 0 unspecified atom stereocenters. The average Bonchev–Trinajstić information content (AvgIpc) is 2.72. The Morgan fingerprint density at radius 3 is 2.88 bits per heavy atom. The maximum Gasteiger partial charge on any atom is 0.179 e. The molecule has 0 aliphatic carbocycles. The summed E-state index contributed by atoms with van der Waals surface area (Å²) < 4.78 is 14.9. The van der Waals surface area contributed by atoms with Crippen LogP contribution >= 0.6 is 0 Å². The number of benzene rings is 1. The minimum Gasteiger partial charge on any atom is -0.299 e. The maximum absolute atomic E-state index is 13.1. The Balaban J connectivity index is 2.42. The highest BCUT2D eigenvalue weighted by molar-refractivity contribution is 5.93. The summed E-state index contributed by atoms with van der Waals surface area (Å²) in [6, 6.07) is 8.11. The van der Waals surface area contributed by atoms with Crippen LogP contribution in [0.5, 0.6) is 0 Å². The summed E-state index contributed by atoms with van der Waals surface area (Å²) in [5.74, 6) is -0.354. The van der Waals surface area contributed by atoms with Gasteiger partial charge in [0, 0.05) is 18.5 Å². The molecule has 4 heteroatoms. The third-order valence-corrected chi connectivity index (χ3v) is 2.75. The fraction of sp³-hybridized carbons (Fsp3) is 0.0769. The lowest BCUT2D eigenvalue weighted by Crippen LogP contribution is -1.90. The number of fused-ring (bicyclic) bond motifs is 3. The lowest BCUT2D eigenvalue weighted by molar-refractivity contribution is 0.101. The summed E-state index contributed by atoms with van der Waals surface area (Å²) in [5.41, 5.74) is 1.94. The van der Waals surface area contributed by atoms with Gasteiger partial charge in [0.1, 0.15) is 17.2 Å². The Bertz CT molecular complexity index is 746. The normalized spacial score (nSPS) is 11.2. The van der Waals surface area contributed by atoms with E-state index in [-0.39, 0.29) is 11.6 Å². The van der Waals surface area contributed by atoms with Gasteiger partial charge in [-0.2, -0.15) is 0 Å². The highest BCUT2D eigenvalue weighted by Crippen LogP contribution is 2.18. The summed E-state index contributed by atoms with van der Waals surface area (Å²) in [5, 5.41) is 0.782. The van der Waals surface area contributed by atoms with Gasteiger partial charge in [0.15, 0.2) is 5.78 Å². The van der Waals surface area contributed by atoms with Gasteiger partial charge in [0.25, 0.3) is 0 Å². The molecule has 0 aliphatic rings. The van der Waals surface area contributed by atoms with Gasteiger partial charge in [0.2, 0.25) is 0 Å². The molecule has 0 saturated carbocycles. The van der Waals surface area contributed by atoms with Gasteiger partial charge >= 0.3 is 0 Å². The lowest BCUT2D eigenvalue weighted by Gasteiger charge is -2.01. The molecule has 0 fully saturated rings. The largest absolute Gasteiger partial charge is 0.299 e. The zero-order valence-corrected chi connectivity index (χ0v) is 9.14. The molecule has 2 aromatic heterocycles. The lowest BCUT2D eigenvalue weighted by atomic mass is 10.2. The van der Waals surface area contributed by atoms with Crippen LogP contribution in [-0.2, 0) is 0 Å². The second-order valence-electron chi connectivity index (χ2n) is 3.95. The van der Waals surface area contributed by atoms with E-state index in [1.54, 1.807) is 28.8 Å². The molecule has 17 heavy (non-hydrogen) atoms. The Hall–Kier alpha value is -2.23. The summed E-state index contributed by atoms with van der Waals surface area (Å²) in [6.07, 6.45) is 1.68. The van der Waals surface area contributed by atoms with Crippen molar-refractivity contribution in [3.63, 3.8) is 0 Å². The molecule has 0 saturated heterocycles. The molecule has 1 aromatic carbocycles. The van der Waals surface area contributed by atoms with E-state index < -0.39 is 0 Å². The number of Topliss-reactive ketones (excluding diaryl/α,β-unsaturated/α-hetero) is 1. The van der Waals surface area contributed by atoms with E-state index in [4.69, 9.17) is 0 Å². The zero-order chi connectivity index (χ0) is 12.0. The standard InChI is InChI=1S/C13H9FN2O/c1-8(17)11-7-16-12-4-3-10(14)6-9(12)2-5-13(16)15-11/h2-7H,1H3. The van der Waals surface area contributed by atoms with Crippen LogP contribution in [-0.4, -0.2) is 15.2 Å². The van der Waals surface area contributed by atoms with Crippen LogP contribution < -0.4 is 0 Å². The second-order valence-corrected chi connectivity index (χ2v) is 3.95. The monoisotopic (exact) mass is 228 g/mol. The van der Waals surface area contributed by atoms with Crippen LogP contribution in [0.25, 0.3) is 16.6 Å². The maximum atomic E-state index is 13.1. The molecule has 0 amide bonds. The third kappa shape index (κ3) is 1.49. The average molecular weight is 228 g/mol. The number of carbonyl (C=O) groups is 1. The molecule has 0 bridgehead atoms. The number of aromatic nitrogens is 2. The molecule has 3 nitrogen and oxygen atoms in total. The van der Waals surface area contributed by atoms with Crippen molar-refractivity contribution in [2.45, 2.75) is 6.92 Å². The highest BCUT2D eigenvalue weighted by Gasteiger charge is 2.08. The zero-order valence-electron chi connectivity index (χ0n) is 9.14. The van der Waals surface area contributed by atoms with Gasteiger partial charge in [-0.05, 0) is 30.3 Å². The molecule has 84 valence electrons. The molecule has 3 rings (SSSR count). The van der Waals surface area contributed by atoms with E-state index in [1.165, 1.54) is 19.1 Å². The minimum absolute atomic E-state index is 0.0797. The minimum atomic E-state index is -0.274. The fourth-order valence-corrected chi connectivity index (χ4v) is 1.92. The molecule has 0 aliphatic heterocycles. The first-order chi connectivity index (χ1) is 8.15. The number of hydrogen-bond donors (Lipinski definition) is 0. The second kappa shape index (κ2) is 3.38. The van der Waals surface area contributed by atoms with Crippen molar-refractivity contribution in [3.05, 3.63) is 48.0 Å². The Kier molecular flexibility index (Phi) is 1.98. The van der Waals surface area contributed by atoms with Crippen molar-refractivity contribution >= 4 is 22.3 Å². The first-order valence-corrected chi connectivity index (χ1v) is 5.23. The summed E-state index contributed by atoms with van der Waals surface area (Å²) >= 11 is 0. The van der Waals surface area contributed by atoms with E-state index in [2.05, 4.69) is 4.98 Å². The fourth-order valence-electron chi connectivity index (χ4n) is 1.92. The summed E-state index contributed by atoms with van der Waals surface area (Å²) in [4.78, 5) is 15.5. The molecule has 2 heterocycles. The third-order valence-electron chi connectivity index (χ3n) is 2.75. The van der Waals surface area contributed by atoms with Crippen LogP contribution in [0.15, 0.2) is 36.5 Å². The van der Waals surface area contributed by atoms with Crippen molar-refractivity contribution in [1.29, 1.82) is 0 Å². The number of hydrogen-bond acceptors (Lipinski definition) is 2. The van der Waals surface area contributed by atoms with Gasteiger partial charge in [0.05, 0.1) is 5.52 Å². The number of pyridine rings is 1. The highest BCUT2D eigenvalue weighted by atomic mass is 19.1. The first-order valence-electron chi connectivity index (χ1n) is 5.23. The predicted molar refractivity (Wildman–Crippen MR) is 62.7 cm³/mol. The number of imidazole rings is 1. The van der Waals surface area contributed by atoms with E-state index in [0.29, 0.717) is 11.3 Å². The van der Waals surface area contributed by atoms with E-state index >= 15 is 0 Å². The van der Waals surface area contributed by atoms with Crippen LogP contribution in [0, 0.1) is 5.82 Å². The van der Waals surface area contributed by atoms with Gasteiger partial charge in [-0.25, -0.2) is 9.37 Å². The van der Waals surface area contributed by atoms with Gasteiger partial charge in [-0.1, -0.05) is 0 Å². The Labute approximate surface area is 96.5 Å². The number of rotatable bonds is 1. The molecule has 0 spiro atoms. The number of ketones is 1. The summed E-state index contributed by atoms with van der Waals surface area (Å²) in [6.45, 7) is 1.48. The number of carbonyl (C=O) groups excluding carboxylic acids is 1. The van der Waals surface area contributed by atoms with E-state index in [1.807, 2.05) is 0 Å². The Morgan fingerprint density at radius 1 is 1.29 bits per heavy atom. The number of nitrogens with zero attached hydrogens (tertiary/aromatic N) is 2. The molecule has 0 N–H and O–H groups in total. The van der Waals surface area contributed by atoms with Crippen molar-refractivity contribution in [2.75, 3.05) is 0 Å². The van der Waals surface area contributed by atoms with Crippen LogP contribution in [0.1, 0.15) is 17.4 Å². The van der Waals surface area contributed by atoms with Gasteiger partial charge < -0.3 is 0 Å². The van der Waals surface area contributed by atoms with E-state index in [0.717, 1.165) is 10.9 Å². The molecule has 0 radical (unpaired) electrons. The first kappa shape index (κ1) is 9.96. The van der Waals surface area contributed by atoms with Crippen molar-refractivity contribution in [1.82, 2.24) is 9.38 Å². The molecule has 0 atom stereocenters. The molecule has 3 aromatic rings. The van der Waals surface area contributed by atoms with Crippen LogP contribution in [0.3, 0.4) is 0 Å². The van der Waals surface area contributed by atoms with E-state index in [9.17, 15) is 9.18 Å². The SMILES string of the molecule is CC(=O)c1cn2c(ccc3cc(F)ccc32)n1. The van der Waals surface area contributed by atoms with Gasteiger partial charge in [-0.15, -0.1) is 0 Å².